The summed E-state index contributed by atoms with van der Waals surface area (Å²) in [5.41, 5.74) is 0. The van der Waals surface area contributed by atoms with Crippen LogP contribution in [0.3, 0.4) is 0 Å². The third-order valence-electron chi connectivity index (χ3n) is 0.970. The molecule has 12 heavy (non-hydrogen) atoms. The first kappa shape index (κ1) is 11.4. The molecule has 0 aromatic heterocycles. The Morgan fingerprint density at radius 1 is 1.42 bits per heavy atom. The van der Waals surface area contributed by atoms with Crippen molar-refractivity contribution in [3.8, 4) is 0 Å². The molecule has 0 aliphatic carbocycles. The highest BCUT2D eigenvalue weighted by molar-refractivity contribution is 7.89. The van der Waals surface area contributed by atoms with Crippen LogP contribution in [-0.4, -0.2) is 33.2 Å². The van der Waals surface area contributed by atoms with Crippen molar-refractivity contribution in [3.05, 3.63) is 0 Å². The second-order valence-electron chi connectivity index (χ2n) is 2.83. The van der Waals surface area contributed by atoms with E-state index in [2.05, 4.69) is 5.32 Å². The van der Waals surface area contributed by atoms with Crippen molar-refractivity contribution in [2.75, 3.05) is 12.8 Å². The lowest BCUT2D eigenvalue weighted by molar-refractivity contribution is -0.118. The highest BCUT2D eigenvalue weighted by Gasteiger charge is 2.07. The Bertz CT molecular complexity index is 246. The first-order valence-corrected chi connectivity index (χ1v) is 5.44. The van der Waals surface area contributed by atoms with Crippen molar-refractivity contribution < 1.29 is 13.2 Å². The Morgan fingerprint density at radius 2 is 1.92 bits per heavy atom. The Morgan fingerprint density at radius 3 is 2.25 bits per heavy atom. The zero-order valence-electron chi connectivity index (χ0n) is 7.42. The molecule has 0 aliphatic rings. The number of sulfonamides is 1. The molecule has 6 heteroatoms. The number of hydrogen-bond acceptors (Lipinski definition) is 4. The van der Waals surface area contributed by atoms with Crippen LogP contribution in [0.4, 0.5) is 0 Å². The number of amides is 1. The lowest BCUT2D eigenvalue weighted by atomic mass is 10.4. The SMILES string of the molecule is CC(C)NCC(=O)NS(C)(=O)=O. The van der Waals surface area contributed by atoms with Crippen molar-refractivity contribution in [1.82, 2.24) is 10.0 Å². The fourth-order valence-corrected chi connectivity index (χ4v) is 1.03. The molecule has 0 aliphatic heterocycles. The highest BCUT2D eigenvalue weighted by Crippen LogP contribution is 1.77. The smallest absolute Gasteiger partial charge is 0.247 e. The molecule has 0 aromatic carbocycles. The molecule has 0 rings (SSSR count). The van der Waals surface area contributed by atoms with Crippen molar-refractivity contribution in [1.29, 1.82) is 0 Å². The first-order chi connectivity index (χ1) is 5.31. The Kier molecular flexibility index (Phi) is 4.19. The van der Waals surface area contributed by atoms with Crippen LogP contribution in [0, 0.1) is 0 Å². The molecular formula is C6H14N2O3S. The van der Waals surface area contributed by atoms with E-state index in [9.17, 15) is 13.2 Å². The fraction of sp³-hybridized carbons (Fsp3) is 0.833. The maximum absolute atomic E-state index is 10.8. The summed E-state index contributed by atoms with van der Waals surface area (Å²) in [5.74, 6) is -0.536. The normalized spacial score (nSPS) is 11.7. The maximum atomic E-state index is 10.8. The number of carbonyl (C=O) groups is 1. The number of carbonyl (C=O) groups excluding carboxylic acids is 1. The predicted octanol–water partition coefficient (Wildman–Crippen LogP) is -0.940. The summed E-state index contributed by atoms with van der Waals surface area (Å²) in [6.07, 6.45) is 0.945. The summed E-state index contributed by atoms with van der Waals surface area (Å²) >= 11 is 0. The summed E-state index contributed by atoms with van der Waals surface area (Å²) < 4.78 is 22.9. The second-order valence-corrected chi connectivity index (χ2v) is 4.58. The van der Waals surface area contributed by atoms with E-state index in [-0.39, 0.29) is 12.6 Å². The van der Waals surface area contributed by atoms with Gasteiger partial charge in [-0.15, -0.1) is 0 Å². The van der Waals surface area contributed by atoms with E-state index < -0.39 is 15.9 Å². The third kappa shape index (κ3) is 7.49. The molecule has 0 spiro atoms. The molecule has 1 amide bonds. The van der Waals surface area contributed by atoms with Gasteiger partial charge in [0.05, 0.1) is 12.8 Å². The second kappa shape index (κ2) is 4.42. The van der Waals surface area contributed by atoms with Gasteiger partial charge in [-0.2, -0.15) is 0 Å². The van der Waals surface area contributed by atoms with Gasteiger partial charge >= 0.3 is 0 Å². The lowest BCUT2D eigenvalue weighted by Crippen LogP contribution is -2.39. The van der Waals surface area contributed by atoms with Crippen LogP contribution in [0.25, 0.3) is 0 Å². The van der Waals surface area contributed by atoms with Gasteiger partial charge in [0.25, 0.3) is 0 Å². The molecule has 0 saturated carbocycles. The molecule has 2 N–H and O–H groups in total. The monoisotopic (exact) mass is 194 g/mol. The minimum Gasteiger partial charge on any atom is -0.306 e. The van der Waals surface area contributed by atoms with Crippen LogP contribution < -0.4 is 10.0 Å². The van der Waals surface area contributed by atoms with Crippen molar-refractivity contribution in [2.45, 2.75) is 19.9 Å². The van der Waals surface area contributed by atoms with Crippen molar-refractivity contribution in [3.63, 3.8) is 0 Å². The minimum atomic E-state index is -3.41. The first-order valence-electron chi connectivity index (χ1n) is 3.55. The molecular weight excluding hydrogens is 180 g/mol. The largest absolute Gasteiger partial charge is 0.306 e. The molecule has 72 valence electrons. The summed E-state index contributed by atoms with van der Waals surface area (Å²) in [5, 5.41) is 2.79. The standard InChI is InChI=1S/C6H14N2O3S/c1-5(2)7-4-6(9)8-12(3,10)11/h5,7H,4H2,1-3H3,(H,8,9). The summed E-state index contributed by atoms with van der Waals surface area (Å²) in [7, 11) is -3.41. The van der Waals surface area contributed by atoms with E-state index in [1.165, 1.54) is 0 Å². The van der Waals surface area contributed by atoms with Gasteiger partial charge in [0.2, 0.25) is 15.9 Å². The highest BCUT2D eigenvalue weighted by atomic mass is 32.2. The molecule has 0 heterocycles. The van der Waals surface area contributed by atoms with Crippen LogP contribution in [0.15, 0.2) is 0 Å². The zero-order valence-corrected chi connectivity index (χ0v) is 8.23. The van der Waals surface area contributed by atoms with Crippen LogP contribution in [0.1, 0.15) is 13.8 Å². The molecule has 0 radical (unpaired) electrons. The Labute approximate surface area is 72.6 Å². The van der Waals surface area contributed by atoms with Crippen LogP contribution in [0.2, 0.25) is 0 Å². The quantitative estimate of drug-likeness (QED) is 0.605. The minimum absolute atomic E-state index is 0.0186. The van der Waals surface area contributed by atoms with Gasteiger partial charge in [-0.3, -0.25) is 9.52 Å². The average Bonchev–Trinajstić information content (AvgIpc) is 1.79. The predicted molar refractivity (Wildman–Crippen MR) is 46.1 cm³/mol. The third-order valence-corrected chi connectivity index (χ3v) is 1.57. The van der Waals surface area contributed by atoms with Gasteiger partial charge in [-0.05, 0) is 0 Å². The molecule has 0 unspecified atom stereocenters. The molecule has 0 saturated heterocycles. The van der Waals surface area contributed by atoms with Gasteiger partial charge in [-0.25, -0.2) is 8.42 Å². The van der Waals surface area contributed by atoms with E-state index in [0.717, 1.165) is 6.26 Å². The zero-order chi connectivity index (χ0) is 9.78. The molecule has 0 bridgehead atoms. The summed E-state index contributed by atoms with van der Waals surface area (Å²) in [4.78, 5) is 10.8. The Hall–Kier alpha value is -0.620. The summed E-state index contributed by atoms with van der Waals surface area (Å²) in [6, 6.07) is 0.162. The Balaban J connectivity index is 3.77. The molecule has 0 aromatic rings. The van der Waals surface area contributed by atoms with E-state index >= 15 is 0 Å². The van der Waals surface area contributed by atoms with E-state index in [0.29, 0.717) is 0 Å². The van der Waals surface area contributed by atoms with E-state index in [4.69, 9.17) is 0 Å². The van der Waals surface area contributed by atoms with E-state index in [1.807, 2.05) is 18.6 Å². The van der Waals surface area contributed by atoms with Crippen LogP contribution in [-0.2, 0) is 14.8 Å². The molecule has 0 atom stereocenters. The number of rotatable bonds is 4. The van der Waals surface area contributed by atoms with Crippen LogP contribution >= 0.6 is 0 Å². The topological polar surface area (TPSA) is 75.3 Å². The van der Waals surface area contributed by atoms with Gasteiger partial charge in [0, 0.05) is 6.04 Å². The van der Waals surface area contributed by atoms with Gasteiger partial charge < -0.3 is 5.32 Å². The number of nitrogens with one attached hydrogen (secondary N) is 2. The molecule has 5 nitrogen and oxygen atoms in total. The van der Waals surface area contributed by atoms with Crippen LogP contribution in [0.5, 0.6) is 0 Å². The lowest BCUT2D eigenvalue weighted by Gasteiger charge is -2.06. The fourth-order valence-electron chi connectivity index (χ4n) is 0.540. The van der Waals surface area contributed by atoms with Gasteiger partial charge in [0.15, 0.2) is 0 Å². The van der Waals surface area contributed by atoms with Gasteiger partial charge in [-0.1, -0.05) is 13.8 Å². The van der Waals surface area contributed by atoms with E-state index in [1.54, 1.807) is 0 Å². The molecule has 0 fully saturated rings. The average molecular weight is 194 g/mol. The maximum Gasteiger partial charge on any atom is 0.247 e. The van der Waals surface area contributed by atoms with Crippen molar-refractivity contribution in [2.24, 2.45) is 0 Å². The number of hydrogen-bond donors (Lipinski definition) is 2. The van der Waals surface area contributed by atoms with Gasteiger partial charge in [0.1, 0.15) is 0 Å². The van der Waals surface area contributed by atoms with Crippen molar-refractivity contribution >= 4 is 15.9 Å². The summed E-state index contributed by atoms with van der Waals surface area (Å²) in [6.45, 7) is 3.76.